The van der Waals surface area contributed by atoms with Crippen LogP contribution in [0.4, 0.5) is 14.5 Å². The molecule has 2 heterocycles. The molecule has 0 bridgehead atoms. The highest BCUT2D eigenvalue weighted by atomic mass is 19.1. The Labute approximate surface area is 115 Å². The summed E-state index contributed by atoms with van der Waals surface area (Å²) in [5.74, 6) is 0.535. The lowest BCUT2D eigenvalue weighted by molar-refractivity contribution is 0.509. The summed E-state index contributed by atoms with van der Waals surface area (Å²) in [5, 5.41) is 11.0. The number of fused-ring (bicyclic) bond motifs is 1. The number of anilines is 1. The first-order valence-electron chi connectivity index (χ1n) is 6.76. The van der Waals surface area contributed by atoms with Gasteiger partial charge in [0.2, 0.25) is 0 Å². The van der Waals surface area contributed by atoms with E-state index in [-0.39, 0.29) is 12.2 Å². The van der Waals surface area contributed by atoms with Crippen LogP contribution in [0, 0.1) is 18.6 Å². The van der Waals surface area contributed by atoms with Gasteiger partial charge in [-0.05, 0) is 31.4 Å². The minimum Gasteiger partial charge on any atom is -0.373 e. The molecule has 1 aromatic carbocycles. The van der Waals surface area contributed by atoms with Crippen molar-refractivity contribution in [1.82, 2.24) is 14.8 Å². The van der Waals surface area contributed by atoms with E-state index in [1.54, 1.807) is 6.92 Å². The zero-order valence-corrected chi connectivity index (χ0v) is 11.3. The van der Waals surface area contributed by atoms with Crippen LogP contribution in [0.5, 0.6) is 0 Å². The van der Waals surface area contributed by atoms with E-state index in [0.29, 0.717) is 5.56 Å². The Kier molecular flexibility index (Phi) is 3.38. The molecule has 20 heavy (non-hydrogen) atoms. The molecule has 0 saturated heterocycles. The minimum absolute atomic E-state index is 0.0989. The summed E-state index contributed by atoms with van der Waals surface area (Å²) in [4.78, 5) is 0. The molecule has 0 saturated carbocycles. The zero-order valence-electron chi connectivity index (χ0n) is 11.3. The number of rotatable bonds is 3. The smallest absolute Gasteiger partial charge is 0.152 e. The maximum atomic E-state index is 13.9. The predicted octanol–water partition coefficient (Wildman–Crippen LogP) is 2.81. The molecular formula is C14H16F2N4. The first-order valence-corrected chi connectivity index (χ1v) is 6.76. The fourth-order valence-electron chi connectivity index (χ4n) is 2.49. The summed E-state index contributed by atoms with van der Waals surface area (Å²) in [5.41, 5.74) is 0.315. The lowest BCUT2D eigenvalue weighted by Gasteiger charge is -2.15. The van der Waals surface area contributed by atoms with Crippen LogP contribution in [0.15, 0.2) is 12.1 Å². The first kappa shape index (κ1) is 13.0. The van der Waals surface area contributed by atoms with Gasteiger partial charge in [0.1, 0.15) is 17.3 Å². The SMILES string of the molecule is Cc1ccc(F)c(NCc2nnc3n2CCCC3)c1F. The van der Waals surface area contributed by atoms with Gasteiger partial charge in [-0.3, -0.25) is 0 Å². The van der Waals surface area contributed by atoms with Crippen LogP contribution >= 0.6 is 0 Å². The molecule has 1 N–H and O–H groups in total. The van der Waals surface area contributed by atoms with E-state index in [1.165, 1.54) is 12.1 Å². The van der Waals surface area contributed by atoms with Crippen LogP contribution < -0.4 is 5.32 Å². The number of aromatic nitrogens is 3. The number of hydrogen-bond acceptors (Lipinski definition) is 3. The number of nitrogens with zero attached hydrogens (tertiary/aromatic N) is 3. The summed E-state index contributed by atoms with van der Waals surface area (Å²) in [6.07, 6.45) is 3.12. The van der Waals surface area contributed by atoms with E-state index >= 15 is 0 Å². The number of hydrogen-bond donors (Lipinski definition) is 1. The fourth-order valence-corrected chi connectivity index (χ4v) is 2.49. The second-order valence-electron chi connectivity index (χ2n) is 5.05. The highest BCUT2D eigenvalue weighted by molar-refractivity contribution is 5.48. The van der Waals surface area contributed by atoms with E-state index in [1.807, 2.05) is 4.57 Å². The Hall–Kier alpha value is -1.98. The lowest BCUT2D eigenvalue weighted by atomic mass is 10.1. The molecule has 0 atom stereocenters. The Balaban J connectivity index is 1.80. The van der Waals surface area contributed by atoms with E-state index in [9.17, 15) is 8.78 Å². The van der Waals surface area contributed by atoms with Gasteiger partial charge in [-0.15, -0.1) is 10.2 Å². The average Bonchev–Trinajstić information content (AvgIpc) is 2.87. The van der Waals surface area contributed by atoms with Crippen molar-refractivity contribution in [2.24, 2.45) is 0 Å². The van der Waals surface area contributed by atoms with Gasteiger partial charge < -0.3 is 9.88 Å². The molecule has 1 aliphatic rings. The maximum absolute atomic E-state index is 13.9. The Morgan fingerprint density at radius 2 is 2.10 bits per heavy atom. The predicted molar refractivity (Wildman–Crippen MR) is 71.4 cm³/mol. The van der Waals surface area contributed by atoms with Gasteiger partial charge in [0.15, 0.2) is 11.6 Å². The molecule has 0 radical (unpaired) electrons. The summed E-state index contributed by atoms with van der Waals surface area (Å²) < 4.78 is 29.6. The van der Waals surface area contributed by atoms with Gasteiger partial charge in [-0.2, -0.15) is 0 Å². The van der Waals surface area contributed by atoms with Crippen LogP contribution in [0.25, 0.3) is 0 Å². The lowest BCUT2D eigenvalue weighted by Crippen LogP contribution is -2.16. The highest BCUT2D eigenvalue weighted by Crippen LogP contribution is 2.22. The zero-order chi connectivity index (χ0) is 14.1. The second-order valence-corrected chi connectivity index (χ2v) is 5.05. The van der Waals surface area contributed by atoms with Crippen LogP contribution in [-0.2, 0) is 19.5 Å². The summed E-state index contributed by atoms with van der Waals surface area (Å²) in [6, 6.07) is 2.69. The molecule has 1 aliphatic heterocycles. The summed E-state index contributed by atoms with van der Waals surface area (Å²) in [7, 11) is 0. The quantitative estimate of drug-likeness (QED) is 0.938. The minimum atomic E-state index is -0.591. The van der Waals surface area contributed by atoms with Gasteiger partial charge in [0.25, 0.3) is 0 Å². The Morgan fingerprint density at radius 1 is 1.25 bits per heavy atom. The molecule has 1 aromatic heterocycles. The van der Waals surface area contributed by atoms with Gasteiger partial charge in [-0.1, -0.05) is 6.07 Å². The van der Waals surface area contributed by atoms with Crippen LogP contribution in [0.1, 0.15) is 30.1 Å². The average molecular weight is 278 g/mol. The first-order chi connectivity index (χ1) is 9.66. The molecular weight excluding hydrogens is 262 g/mol. The van der Waals surface area contributed by atoms with Crippen molar-refractivity contribution in [2.45, 2.75) is 39.3 Å². The van der Waals surface area contributed by atoms with Crippen LogP contribution in [-0.4, -0.2) is 14.8 Å². The normalized spacial score (nSPS) is 14.2. The summed E-state index contributed by atoms with van der Waals surface area (Å²) in [6.45, 7) is 2.75. The topological polar surface area (TPSA) is 42.7 Å². The molecule has 0 fully saturated rings. The largest absolute Gasteiger partial charge is 0.373 e. The van der Waals surface area contributed by atoms with Crippen molar-refractivity contribution < 1.29 is 8.78 Å². The van der Waals surface area contributed by atoms with E-state index in [0.717, 1.165) is 37.5 Å². The molecule has 106 valence electrons. The van der Waals surface area contributed by atoms with E-state index < -0.39 is 11.6 Å². The highest BCUT2D eigenvalue weighted by Gasteiger charge is 2.17. The van der Waals surface area contributed by atoms with Gasteiger partial charge in [-0.25, -0.2) is 8.78 Å². The van der Waals surface area contributed by atoms with Gasteiger partial charge in [0.05, 0.1) is 6.54 Å². The van der Waals surface area contributed by atoms with Crippen LogP contribution in [0.2, 0.25) is 0 Å². The maximum Gasteiger partial charge on any atom is 0.152 e. The molecule has 4 nitrogen and oxygen atoms in total. The molecule has 2 aromatic rings. The van der Waals surface area contributed by atoms with Crippen molar-refractivity contribution >= 4 is 5.69 Å². The molecule has 6 heteroatoms. The Morgan fingerprint density at radius 3 is 2.95 bits per heavy atom. The van der Waals surface area contributed by atoms with Crippen LogP contribution in [0.3, 0.4) is 0 Å². The molecule has 3 rings (SSSR count). The van der Waals surface area contributed by atoms with Gasteiger partial charge in [0, 0.05) is 13.0 Å². The van der Waals surface area contributed by atoms with Crippen molar-refractivity contribution in [2.75, 3.05) is 5.32 Å². The summed E-state index contributed by atoms with van der Waals surface area (Å²) >= 11 is 0. The number of halogens is 2. The third-order valence-electron chi connectivity index (χ3n) is 3.64. The number of aryl methyl sites for hydroxylation is 2. The van der Waals surface area contributed by atoms with Gasteiger partial charge >= 0.3 is 0 Å². The fraction of sp³-hybridized carbons (Fsp3) is 0.429. The molecule has 0 amide bonds. The number of nitrogens with one attached hydrogen (secondary N) is 1. The molecule has 0 aliphatic carbocycles. The van der Waals surface area contributed by atoms with Crippen molar-refractivity contribution in [3.05, 3.63) is 41.0 Å². The monoisotopic (exact) mass is 278 g/mol. The van der Waals surface area contributed by atoms with Crippen molar-refractivity contribution in [1.29, 1.82) is 0 Å². The third-order valence-corrected chi connectivity index (χ3v) is 3.64. The third kappa shape index (κ3) is 2.26. The van der Waals surface area contributed by atoms with E-state index in [2.05, 4.69) is 15.5 Å². The second kappa shape index (κ2) is 5.19. The molecule has 0 spiro atoms. The van der Waals surface area contributed by atoms with Crippen molar-refractivity contribution in [3.8, 4) is 0 Å². The standard InChI is InChI=1S/C14H16F2N4/c1-9-5-6-10(15)14(13(9)16)17-8-12-19-18-11-4-2-3-7-20(11)12/h5-6,17H,2-4,7-8H2,1H3. The van der Waals surface area contributed by atoms with Crippen molar-refractivity contribution in [3.63, 3.8) is 0 Å². The Bertz CT molecular complexity index is 636. The van der Waals surface area contributed by atoms with E-state index in [4.69, 9.17) is 0 Å². The number of benzene rings is 1. The molecule has 0 unspecified atom stereocenters.